The molecule has 1 aliphatic rings. The Morgan fingerprint density at radius 3 is 2.03 bits per heavy atom. The highest BCUT2D eigenvalue weighted by Crippen LogP contribution is 2.13. The fraction of sp³-hybridized carbons (Fsp3) is 0.481. The summed E-state index contributed by atoms with van der Waals surface area (Å²) in [6.45, 7) is 4.97. The smallest absolute Gasteiger partial charge is 0.325 e. The van der Waals surface area contributed by atoms with Crippen LogP contribution in [0.3, 0.4) is 0 Å². The summed E-state index contributed by atoms with van der Waals surface area (Å²) in [5.74, 6) is -3.93. The van der Waals surface area contributed by atoms with Crippen LogP contribution in [0.15, 0.2) is 36.4 Å². The molecule has 0 saturated heterocycles. The lowest BCUT2D eigenvalue weighted by molar-refractivity contribution is -0.142. The Bertz CT molecular complexity index is 1080. The second kappa shape index (κ2) is 14.6. The van der Waals surface area contributed by atoms with Gasteiger partial charge < -0.3 is 26.2 Å². The van der Waals surface area contributed by atoms with E-state index >= 15 is 0 Å². The molecule has 1 aromatic rings. The van der Waals surface area contributed by atoms with Crippen LogP contribution in [-0.4, -0.2) is 75.3 Å². The third-order valence-corrected chi connectivity index (χ3v) is 6.19. The van der Waals surface area contributed by atoms with Crippen LogP contribution in [0.4, 0.5) is 0 Å². The summed E-state index contributed by atoms with van der Waals surface area (Å²) in [5, 5.41) is 26.3. The molecule has 12 nitrogen and oxygen atoms in total. The number of imide groups is 1. The number of aliphatic carboxylic acids is 1. The molecule has 5 amide bonds. The van der Waals surface area contributed by atoms with Crippen LogP contribution < -0.4 is 16.0 Å². The van der Waals surface area contributed by atoms with Crippen molar-refractivity contribution in [3.63, 3.8) is 0 Å². The second-order valence-electron chi connectivity index (χ2n) is 9.76. The molecule has 12 heteroatoms. The Balaban J connectivity index is 1.99. The number of nitrogens with one attached hydrogen (secondary N) is 3. The fourth-order valence-electron chi connectivity index (χ4n) is 3.88. The molecule has 0 bridgehead atoms. The number of carbonyl (C=O) groups excluding carboxylic acids is 5. The minimum absolute atomic E-state index is 0.0426. The number of amides is 5. The molecule has 39 heavy (non-hydrogen) atoms. The fourth-order valence-corrected chi connectivity index (χ4v) is 3.88. The first-order valence-electron chi connectivity index (χ1n) is 12.8. The van der Waals surface area contributed by atoms with E-state index in [1.165, 1.54) is 31.2 Å². The Kier molecular flexibility index (Phi) is 11.6. The van der Waals surface area contributed by atoms with E-state index in [-0.39, 0.29) is 42.9 Å². The molecule has 1 heterocycles. The summed E-state index contributed by atoms with van der Waals surface area (Å²) in [4.78, 5) is 74.1. The molecule has 0 aromatic heterocycles. The zero-order valence-electron chi connectivity index (χ0n) is 22.3. The molecular weight excluding hydrogens is 508 g/mol. The second-order valence-corrected chi connectivity index (χ2v) is 9.76. The molecule has 3 atom stereocenters. The van der Waals surface area contributed by atoms with Crippen molar-refractivity contribution in [1.82, 2.24) is 20.9 Å². The van der Waals surface area contributed by atoms with Gasteiger partial charge >= 0.3 is 5.97 Å². The molecule has 1 aliphatic heterocycles. The number of hydrogen-bond acceptors (Lipinski definition) is 7. The van der Waals surface area contributed by atoms with Gasteiger partial charge in [0.2, 0.25) is 17.7 Å². The van der Waals surface area contributed by atoms with E-state index in [0.717, 1.165) is 4.90 Å². The number of hydrogen-bond donors (Lipinski definition) is 5. The molecule has 0 spiro atoms. The minimum Gasteiger partial charge on any atom is -0.508 e. The summed E-state index contributed by atoms with van der Waals surface area (Å²) in [6.07, 6.45) is 4.20. The summed E-state index contributed by atoms with van der Waals surface area (Å²) in [7, 11) is 0. The number of phenols is 1. The third-order valence-electron chi connectivity index (χ3n) is 6.19. The van der Waals surface area contributed by atoms with Gasteiger partial charge in [-0.2, -0.15) is 0 Å². The van der Waals surface area contributed by atoms with Crippen molar-refractivity contribution in [2.45, 2.75) is 71.0 Å². The number of phenolic OH excluding ortho intramolecular Hbond substituents is 1. The molecular formula is C27H36N4O8. The monoisotopic (exact) mass is 544 g/mol. The highest BCUT2D eigenvalue weighted by Gasteiger charge is 2.30. The topological polar surface area (TPSA) is 182 Å². The number of aromatic hydroxyl groups is 1. The Hall–Kier alpha value is -4.22. The predicted octanol–water partition coefficient (Wildman–Crippen LogP) is 0.635. The summed E-state index contributed by atoms with van der Waals surface area (Å²) >= 11 is 0. The van der Waals surface area contributed by atoms with Crippen LogP contribution >= 0.6 is 0 Å². The summed E-state index contributed by atoms with van der Waals surface area (Å²) in [5.41, 5.74) is 0.659. The SMILES string of the molecule is CC(C)[C@H](NC(=O)[C@H](Cc1ccc(O)cc1)NC(=O)CCCCCN1C(=O)C=CC1=O)C(=O)N[C@@H](C)C(=O)O. The number of nitrogens with zero attached hydrogens (tertiary/aromatic N) is 1. The maximum absolute atomic E-state index is 13.2. The van der Waals surface area contributed by atoms with Gasteiger partial charge in [-0.3, -0.25) is 33.7 Å². The molecule has 0 saturated carbocycles. The van der Waals surface area contributed by atoms with Crippen molar-refractivity contribution in [2.24, 2.45) is 5.92 Å². The van der Waals surface area contributed by atoms with Crippen molar-refractivity contribution >= 4 is 35.5 Å². The third kappa shape index (κ3) is 9.87. The van der Waals surface area contributed by atoms with Gasteiger partial charge in [0.05, 0.1) is 0 Å². The number of carboxylic acid groups (broad SMARTS) is 1. The van der Waals surface area contributed by atoms with E-state index in [4.69, 9.17) is 5.11 Å². The van der Waals surface area contributed by atoms with Gasteiger partial charge in [-0.05, 0) is 43.4 Å². The highest BCUT2D eigenvalue weighted by molar-refractivity contribution is 6.12. The maximum Gasteiger partial charge on any atom is 0.325 e. The molecule has 2 rings (SSSR count). The molecule has 1 aromatic carbocycles. The van der Waals surface area contributed by atoms with Crippen LogP contribution in [-0.2, 0) is 35.2 Å². The van der Waals surface area contributed by atoms with E-state index in [1.54, 1.807) is 26.0 Å². The van der Waals surface area contributed by atoms with Crippen molar-refractivity contribution < 1.29 is 39.0 Å². The summed E-state index contributed by atoms with van der Waals surface area (Å²) < 4.78 is 0. The van der Waals surface area contributed by atoms with E-state index in [9.17, 15) is 33.9 Å². The first kappa shape index (κ1) is 31.0. The van der Waals surface area contributed by atoms with Crippen molar-refractivity contribution in [3.05, 3.63) is 42.0 Å². The summed E-state index contributed by atoms with van der Waals surface area (Å²) in [6, 6.07) is 2.89. The average molecular weight is 545 g/mol. The Labute approximate surface area is 226 Å². The Morgan fingerprint density at radius 2 is 1.46 bits per heavy atom. The first-order valence-corrected chi connectivity index (χ1v) is 12.8. The molecule has 0 fully saturated rings. The molecule has 212 valence electrons. The number of carbonyl (C=O) groups is 6. The average Bonchev–Trinajstić information content (AvgIpc) is 3.19. The standard InChI is InChI=1S/C27H36N4O8/c1-16(2)24(26(37)28-17(3)27(38)39)30-25(36)20(15-18-8-10-19(32)11-9-18)29-21(33)7-5-4-6-14-31-22(34)12-13-23(31)35/h8-13,16-17,20,24,32H,4-7,14-15H2,1-3H3,(H,28,37)(H,29,33)(H,30,36)(H,38,39)/t17-,20-,24-/m0/s1. The zero-order valence-corrected chi connectivity index (χ0v) is 22.3. The maximum atomic E-state index is 13.2. The van der Waals surface area contributed by atoms with Crippen molar-refractivity contribution in [3.8, 4) is 5.75 Å². The van der Waals surface area contributed by atoms with E-state index in [1.807, 2.05) is 0 Å². The molecule has 5 N–H and O–H groups in total. The van der Waals surface area contributed by atoms with Crippen LogP contribution in [0, 0.1) is 5.92 Å². The lowest BCUT2D eigenvalue weighted by atomic mass is 10.0. The first-order chi connectivity index (χ1) is 18.4. The number of rotatable bonds is 15. The van der Waals surface area contributed by atoms with Crippen LogP contribution in [0.2, 0.25) is 0 Å². The van der Waals surface area contributed by atoms with Crippen molar-refractivity contribution in [2.75, 3.05) is 6.54 Å². The minimum atomic E-state index is -1.22. The van der Waals surface area contributed by atoms with E-state index in [2.05, 4.69) is 16.0 Å². The van der Waals surface area contributed by atoms with Gasteiger partial charge in [-0.25, -0.2) is 0 Å². The number of benzene rings is 1. The lowest BCUT2D eigenvalue weighted by Gasteiger charge is -2.26. The lowest BCUT2D eigenvalue weighted by Crippen LogP contribution is -2.57. The Morgan fingerprint density at radius 1 is 0.846 bits per heavy atom. The van der Waals surface area contributed by atoms with E-state index < -0.39 is 41.8 Å². The predicted molar refractivity (Wildman–Crippen MR) is 140 cm³/mol. The van der Waals surface area contributed by atoms with Crippen molar-refractivity contribution in [1.29, 1.82) is 0 Å². The quantitative estimate of drug-likeness (QED) is 0.157. The van der Waals surface area contributed by atoms with Gasteiger partial charge in [-0.15, -0.1) is 0 Å². The molecule has 0 aliphatic carbocycles. The molecule has 0 radical (unpaired) electrons. The van der Waals surface area contributed by atoms with Gasteiger partial charge in [-0.1, -0.05) is 32.4 Å². The van der Waals surface area contributed by atoms with Crippen LogP contribution in [0.1, 0.15) is 52.0 Å². The van der Waals surface area contributed by atoms with E-state index in [0.29, 0.717) is 24.8 Å². The van der Waals surface area contributed by atoms with Gasteiger partial charge in [0, 0.05) is 31.5 Å². The van der Waals surface area contributed by atoms with Crippen LogP contribution in [0.5, 0.6) is 5.75 Å². The van der Waals surface area contributed by atoms with Gasteiger partial charge in [0.15, 0.2) is 0 Å². The van der Waals surface area contributed by atoms with Crippen LogP contribution in [0.25, 0.3) is 0 Å². The largest absolute Gasteiger partial charge is 0.508 e. The normalized spacial score (nSPS) is 15.1. The van der Waals surface area contributed by atoms with Gasteiger partial charge in [0.25, 0.3) is 11.8 Å². The number of carboxylic acids is 1. The number of unbranched alkanes of at least 4 members (excludes halogenated alkanes) is 2. The van der Waals surface area contributed by atoms with Gasteiger partial charge in [0.1, 0.15) is 23.9 Å². The zero-order chi connectivity index (χ0) is 29.1. The molecule has 0 unspecified atom stereocenters. The highest BCUT2D eigenvalue weighted by atomic mass is 16.4.